The fourth-order valence-corrected chi connectivity index (χ4v) is 6.06. The van der Waals surface area contributed by atoms with Crippen molar-refractivity contribution in [2.75, 3.05) is 18.4 Å². The van der Waals surface area contributed by atoms with Crippen LogP contribution in [0.3, 0.4) is 0 Å². The van der Waals surface area contributed by atoms with Crippen molar-refractivity contribution in [1.82, 2.24) is 4.31 Å². The lowest BCUT2D eigenvalue weighted by Crippen LogP contribution is -2.44. The number of hydrogen-bond donors (Lipinski definition) is 1. The summed E-state index contributed by atoms with van der Waals surface area (Å²) in [4.78, 5) is 12.9. The number of sulfonamides is 1. The van der Waals surface area contributed by atoms with Crippen LogP contribution in [0.2, 0.25) is 10.0 Å². The number of amides is 1. The fraction of sp³-hybridized carbons (Fsp3) is 0.409. The van der Waals surface area contributed by atoms with Gasteiger partial charge in [-0.25, -0.2) is 12.7 Å². The molecule has 5 nitrogen and oxygen atoms in total. The molecule has 1 heterocycles. The van der Waals surface area contributed by atoms with E-state index in [1.165, 1.54) is 4.31 Å². The van der Waals surface area contributed by atoms with Crippen LogP contribution in [0.15, 0.2) is 42.5 Å². The van der Waals surface area contributed by atoms with Gasteiger partial charge in [-0.2, -0.15) is 0 Å². The Hall–Kier alpha value is -1.60. The maximum atomic E-state index is 13.0. The van der Waals surface area contributed by atoms with Crippen molar-refractivity contribution >= 4 is 44.8 Å². The van der Waals surface area contributed by atoms with Crippen molar-refractivity contribution in [2.45, 2.75) is 38.4 Å². The second-order valence-electron chi connectivity index (χ2n) is 7.88. The first kappa shape index (κ1) is 23.1. The molecule has 3 rings (SSSR count). The van der Waals surface area contributed by atoms with Crippen LogP contribution in [0.5, 0.6) is 0 Å². The van der Waals surface area contributed by atoms with Crippen LogP contribution in [0.25, 0.3) is 0 Å². The van der Waals surface area contributed by atoms with Gasteiger partial charge in [0, 0.05) is 34.4 Å². The average Bonchev–Trinajstić information content (AvgIpc) is 2.71. The number of benzene rings is 2. The molecule has 2 aromatic rings. The minimum atomic E-state index is -3.66. The smallest absolute Gasteiger partial charge is 0.228 e. The lowest BCUT2D eigenvalue weighted by molar-refractivity contribution is -0.120. The zero-order valence-electron chi connectivity index (χ0n) is 17.1. The summed E-state index contributed by atoms with van der Waals surface area (Å²) in [6.45, 7) is 4.68. The molecule has 0 unspecified atom stereocenters. The Bertz CT molecular complexity index is 1000. The highest BCUT2D eigenvalue weighted by Crippen LogP contribution is 2.30. The van der Waals surface area contributed by atoms with E-state index in [-0.39, 0.29) is 24.1 Å². The molecule has 162 valence electrons. The van der Waals surface area contributed by atoms with Gasteiger partial charge in [0.15, 0.2) is 0 Å². The molecule has 0 aromatic heterocycles. The van der Waals surface area contributed by atoms with E-state index < -0.39 is 15.9 Å². The number of carbonyl (C=O) groups is 1. The van der Waals surface area contributed by atoms with E-state index in [9.17, 15) is 13.2 Å². The second kappa shape index (κ2) is 9.69. The number of hydrogen-bond acceptors (Lipinski definition) is 3. The van der Waals surface area contributed by atoms with E-state index in [0.29, 0.717) is 35.0 Å². The predicted molar refractivity (Wildman–Crippen MR) is 123 cm³/mol. The minimum Gasteiger partial charge on any atom is -0.326 e. The minimum absolute atomic E-state index is 0.153. The SMILES string of the molecule is CC(C)c1ccccc1NC(=O)[C@H]1CCCN(S(=O)(=O)Cc2c(Cl)cccc2Cl)C1. The third-order valence-electron chi connectivity index (χ3n) is 5.38. The highest BCUT2D eigenvalue weighted by atomic mass is 35.5. The number of anilines is 1. The Morgan fingerprint density at radius 2 is 1.80 bits per heavy atom. The van der Waals surface area contributed by atoms with Crippen LogP contribution in [0, 0.1) is 5.92 Å². The molecule has 1 saturated heterocycles. The van der Waals surface area contributed by atoms with Gasteiger partial charge in [0.2, 0.25) is 15.9 Å². The Morgan fingerprint density at radius 3 is 2.47 bits per heavy atom. The van der Waals surface area contributed by atoms with Gasteiger partial charge in [0.1, 0.15) is 0 Å². The molecule has 1 atom stereocenters. The summed E-state index contributed by atoms with van der Waals surface area (Å²) < 4.78 is 27.4. The Kier molecular flexibility index (Phi) is 7.45. The first-order valence-electron chi connectivity index (χ1n) is 9.99. The summed E-state index contributed by atoms with van der Waals surface area (Å²) in [6, 6.07) is 12.6. The van der Waals surface area contributed by atoms with E-state index in [4.69, 9.17) is 23.2 Å². The standard InChI is InChI=1S/C22H26Cl2N2O3S/c1-15(2)17-8-3-4-11-21(17)25-22(27)16-7-6-12-26(13-16)30(28,29)14-18-19(23)9-5-10-20(18)24/h3-5,8-11,15-16H,6-7,12-14H2,1-2H3,(H,25,27)/t16-/m0/s1. The molecule has 0 radical (unpaired) electrons. The van der Waals surface area contributed by atoms with Gasteiger partial charge in [-0.05, 0) is 42.5 Å². The quantitative estimate of drug-likeness (QED) is 0.625. The van der Waals surface area contributed by atoms with Crippen molar-refractivity contribution in [3.05, 3.63) is 63.6 Å². The van der Waals surface area contributed by atoms with E-state index >= 15 is 0 Å². The van der Waals surface area contributed by atoms with E-state index in [1.807, 2.05) is 24.3 Å². The predicted octanol–water partition coefficient (Wildman–Crippen LogP) is 5.30. The second-order valence-corrected chi connectivity index (χ2v) is 10.7. The molecular formula is C22H26Cl2N2O3S. The summed E-state index contributed by atoms with van der Waals surface area (Å²) in [6.07, 6.45) is 1.27. The third-order valence-corrected chi connectivity index (χ3v) is 7.86. The number of halogens is 2. The van der Waals surface area contributed by atoms with Crippen molar-refractivity contribution in [2.24, 2.45) is 5.92 Å². The summed E-state index contributed by atoms with van der Waals surface area (Å²) in [7, 11) is -3.66. The van der Waals surface area contributed by atoms with Crippen molar-refractivity contribution in [3.8, 4) is 0 Å². The Morgan fingerprint density at radius 1 is 1.13 bits per heavy atom. The molecule has 1 aliphatic rings. The highest BCUT2D eigenvalue weighted by Gasteiger charge is 2.33. The summed E-state index contributed by atoms with van der Waals surface area (Å²) >= 11 is 12.3. The van der Waals surface area contributed by atoms with Gasteiger partial charge in [0.05, 0.1) is 11.7 Å². The van der Waals surface area contributed by atoms with Crippen LogP contribution in [-0.4, -0.2) is 31.7 Å². The topological polar surface area (TPSA) is 66.5 Å². The van der Waals surface area contributed by atoms with Crippen molar-refractivity contribution in [3.63, 3.8) is 0 Å². The number of para-hydroxylation sites is 1. The van der Waals surface area contributed by atoms with Crippen LogP contribution in [0.4, 0.5) is 5.69 Å². The van der Waals surface area contributed by atoms with Gasteiger partial charge in [-0.15, -0.1) is 0 Å². The van der Waals surface area contributed by atoms with Gasteiger partial charge in [-0.3, -0.25) is 4.79 Å². The number of nitrogens with zero attached hydrogens (tertiary/aromatic N) is 1. The molecule has 2 aromatic carbocycles. The fourth-order valence-electron chi connectivity index (χ4n) is 3.70. The molecule has 1 amide bonds. The molecule has 1 aliphatic heterocycles. The molecule has 1 N–H and O–H groups in total. The zero-order valence-corrected chi connectivity index (χ0v) is 19.4. The summed E-state index contributed by atoms with van der Waals surface area (Å²) in [5.41, 5.74) is 2.22. The van der Waals surface area contributed by atoms with Gasteiger partial charge in [-0.1, -0.05) is 61.3 Å². The lowest BCUT2D eigenvalue weighted by atomic mass is 9.97. The monoisotopic (exact) mass is 468 g/mol. The van der Waals surface area contributed by atoms with E-state index in [0.717, 1.165) is 11.3 Å². The number of piperidine rings is 1. The normalized spacial score (nSPS) is 17.8. The van der Waals surface area contributed by atoms with Crippen LogP contribution in [-0.2, 0) is 20.6 Å². The van der Waals surface area contributed by atoms with Gasteiger partial charge < -0.3 is 5.32 Å². The van der Waals surface area contributed by atoms with Gasteiger partial charge in [0.25, 0.3) is 0 Å². The molecule has 0 aliphatic carbocycles. The molecule has 30 heavy (non-hydrogen) atoms. The van der Waals surface area contributed by atoms with Crippen molar-refractivity contribution in [1.29, 1.82) is 0 Å². The molecule has 0 spiro atoms. The first-order valence-corrected chi connectivity index (χ1v) is 12.4. The number of rotatable bonds is 6. The number of carbonyl (C=O) groups excluding carboxylic acids is 1. The van der Waals surface area contributed by atoms with Crippen molar-refractivity contribution < 1.29 is 13.2 Å². The maximum absolute atomic E-state index is 13.0. The summed E-state index contributed by atoms with van der Waals surface area (Å²) in [5.74, 6) is -0.574. The zero-order chi connectivity index (χ0) is 21.9. The van der Waals surface area contributed by atoms with Crippen LogP contribution >= 0.6 is 23.2 Å². The van der Waals surface area contributed by atoms with E-state index in [1.54, 1.807) is 18.2 Å². The summed E-state index contributed by atoms with van der Waals surface area (Å²) in [5, 5.41) is 3.64. The Balaban J connectivity index is 1.72. The van der Waals surface area contributed by atoms with Crippen LogP contribution < -0.4 is 5.32 Å². The largest absolute Gasteiger partial charge is 0.326 e. The molecule has 8 heteroatoms. The lowest BCUT2D eigenvalue weighted by Gasteiger charge is -2.31. The average molecular weight is 469 g/mol. The highest BCUT2D eigenvalue weighted by molar-refractivity contribution is 7.88. The molecule has 1 fully saturated rings. The molecule has 0 bridgehead atoms. The van der Waals surface area contributed by atoms with Crippen LogP contribution in [0.1, 0.15) is 43.7 Å². The molecular weight excluding hydrogens is 443 g/mol. The third kappa shape index (κ3) is 5.35. The van der Waals surface area contributed by atoms with Gasteiger partial charge >= 0.3 is 0 Å². The van der Waals surface area contributed by atoms with E-state index in [2.05, 4.69) is 19.2 Å². The Labute approximate surface area is 188 Å². The first-order chi connectivity index (χ1) is 14.2. The number of nitrogens with one attached hydrogen (secondary N) is 1. The maximum Gasteiger partial charge on any atom is 0.228 e. The molecule has 0 saturated carbocycles.